The summed E-state index contributed by atoms with van der Waals surface area (Å²) >= 11 is 0. The highest BCUT2D eigenvalue weighted by atomic mass is 35.5. The zero-order valence-electron chi connectivity index (χ0n) is 15.6. The van der Waals surface area contributed by atoms with E-state index in [9.17, 15) is 4.79 Å². The molecule has 1 saturated carbocycles. The van der Waals surface area contributed by atoms with Crippen LogP contribution in [0.5, 0.6) is 0 Å². The Morgan fingerprint density at radius 3 is 2.31 bits per heavy atom. The first-order valence-electron chi connectivity index (χ1n) is 9.45. The van der Waals surface area contributed by atoms with E-state index in [4.69, 9.17) is 5.73 Å². The molecule has 1 saturated heterocycles. The van der Waals surface area contributed by atoms with E-state index in [1.165, 1.54) is 31.2 Å². The highest BCUT2D eigenvalue weighted by molar-refractivity contribution is 5.85. The minimum Gasteiger partial charge on any atom is -0.350 e. The number of amides is 1. The van der Waals surface area contributed by atoms with Gasteiger partial charge in [-0.15, -0.1) is 24.8 Å². The SMILES string of the molecule is CC(C(=O)NC(CN)C1CC1)N1CCC(Cc2ccccc2)CC1.Cl.Cl. The third kappa shape index (κ3) is 6.41. The highest BCUT2D eigenvalue weighted by Gasteiger charge is 2.33. The smallest absolute Gasteiger partial charge is 0.237 e. The Kier molecular flexibility index (Phi) is 9.94. The molecule has 6 heteroatoms. The molecule has 3 N–H and O–H groups in total. The standard InChI is InChI=1S/C20H31N3O.2ClH/c1-15(20(24)22-19(14-21)18-7-8-18)23-11-9-17(10-12-23)13-16-5-3-2-4-6-16;;/h2-6,15,17-19H,7-14,21H2,1H3,(H,22,24);2*1H. The van der Waals surface area contributed by atoms with E-state index in [0.717, 1.165) is 25.4 Å². The number of likely N-dealkylation sites (tertiary alicyclic amines) is 1. The molecule has 0 aromatic heterocycles. The predicted octanol–water partition coefficient (Wildman–Crippen LogP) is 3.03. The number of hydrogen-bond acceptors (Lipinski definition) is 3. The fraction of sp³-hybridized carbons (Fsp3) is 0.650. The molecule has 2 aliphatic rings. The molecule has 1 aromatic carbocycles. The van der Waals surface area contributed by atoms with Crippen LogP contribution in [0.1, 0.15) is 38.2 Å². The summed E-state index contributed by atoms with van der Waals surface area (Å²) in [5.74, 6) is 1.50. The topological polar surface area (TPSA) is 58.4 Å². The van der Waals surface area contributed by atoms with Gasteiger partial charge in [0.2, 0.25) is 5.91 Å². The summed E-state index contributed by atoms with van der Waals surface area (Å²) < 4.78 is 0. The number of rotatable bonds is 7. The third-order valence-electron chi connectivity index (χ3n) is 5.72. The molecule has 2 unspecified atom stereocenters. The molecule has 0 radical (unpaired) electrons. The minimum absolute atomic E-state index is 0. The number of carbonyl (C=O) groups is 1. The lowest BCUT2D eigenvalue weighted by molar-refractivity contribution is -0.127. The van der Waals surface area contributed by atoms with E-state index >= 15 is 0 Å². The molecule has 26 heavy (non-hydrogen) atoms. The molecule has 1 aromatic rings. The lowest BCUT2D eigenvalue weighted by Crippen LogP contribution is -2.52. The maximum Gasteiger partial charge on any atom is 0.237 e. The van der Waals surface area contributed by atoms with Gasteiger partial charge in [0.25, 0.3) is 0 Å². The Morgan fingerprint density at radius 1 is 1.15 bits per heavy atom. The van der Waals surface area contributed by atoms with E-state index in [0.29, 0.717) is 12.5 Å². The molecular weight excluding hydrogens is 369 g/mol. The number of benzene rings is 1. The molecule has 148 valence electrons. The number of nitrogens with zero attached hydrogens (tertiary/aromatic N) is 1. The summed E-state index contributed by atoms with van der Waals surface area (Å²) in [7, 11) is 0. The molecule has 3 rings (SSSR count). The van der Waals surface area contributed by atoms with Crippen molar-refractivity contribution in [3.05, 3.63) is 35.9 Å². The maximum atomic E-state index is 12.5. The molecule has 4 nitrogen and oxygen atoms in total. The Hall–Kier alpha value is -0.810. The van der Waals surface area contributed by atoms with E-state index in [1.807, 2.05) is 6.92 Å². The lowest BCUT2D eigenvalue weighted by atomic mass is 9.89. The molecule has 1 heterocycles. The summed E-state index contributed by atoms with van der Waals surface area (Å²) in [5, 5.41) is 3.17. The first-order valence-corrected chi connectivity index (χ1v) is 9.45. The van der Waals surface area contributed by atoms with Gasteiger partial charge in [0.1, 0.15) is 0 Å². The van der Waals surface area contributed by atoms with Gasteiger partial charge < -0.3 is 11.1 Å². The first-order chi connectivity index (χ1) is 11.7. The minimum atomic E-state index is -0.0459. The lowest BCUT2D eigenvalue weighted by Gasteiger charge is -2.36. The van der Waals surface area contributed by atoms with E-state index in [1.54, 1.807) is 0 Å². The monoisotopic (exact) mass is 401 g/mol. The van der Waals surface area contributed by atoms with Crippen molar-refractivity contribution in [2.75, 3.05) is 19.6 Å². The number of nitrogens with two attached hydrogens (primary N) is 1. The van der Waals surface area contributed by atoms with Gasteiger partial charge in [-0.05, 0) is 69.5 Å². The van der Waals surface area contributed by atoms with Gasteiger partial charge in [-0.3, -0.25) is 9.69 Å². The Balaban J connectivity index is 0.00000169. The zero-order chi connectivity index (χ0) is 16.9. The Morgan fingerprint density at radius 2 is 1.77 bits per heavy atom. The van der Waals surface area contributed by atoms with Gasteiger partial charge in [0, 0.05) is 12.6 Å². The van der Waals surface area contributed by atoms with Crippen molar-refractivity contribution < 1.29 is 4.79 Å². The van der Waals surface area contributed by atoms with Gasteiger partial charge in [0.05, 0.1) is 6.04 Å². The van der Waals surface area contributed by atoms with E-state index < -0.39 is 0 Å². The molecular formula is C20H33Cl2N3O. The zero-order valence-corrected chi connectivity index (χ0v) is 17.2. The second kappa shape index (κ2) is 11.1. The van der Waals surface area contributed by atoms with Gasteiger partial charge in [0.15, 0.2) is 0 Å². The van der Waals surface area contributed by atoms with Crippen molar-refractivity contribution in [3.63, 3.8) is 0 Å². The van der Waals surface area contributed by atoms with Crippen molar-refractivity contribution in [1.29, 1.82) is 0 Å². The summed E-state index contributed by atoms with van der Waals surface area (Å²) in [6.07, 6.45) is 5.93. The van der Waals surface area contributed by atoms with Crippen molar-refractivity contribution in [2.45, 2.75) is 51.1 Å². The largest absolute Gasteiger partial charge is 0.350 e. The van der Waals surface area contributed by atoms with E-state index in [2.05, 4.69) is 40.5 Å². The quantitative estimate of drug-likeness (QED) is 0.737. The Bertz CT molecular complexity index is 531. The predicted molar refractivity (Wildman–Crippen MR) is 112 cm³/mol. The summed E-state index contributed by atoms with van der Waals surface area (Å²) in [6, 6.07) is 10.9. The number of carbonyl (C=O) groups excluding carboxylic acids is 1. The number of halogens is 2. The van der Waals surface area contributed by atoms with Gasteiger partial charge in [-0.25, -0.2) is 0 Å². The van der Waals surface area contributed by atoms with Crippen molar-refractivity contribution >= 4 is 30.7 Å². The Labute approximate surface area is 170 Å². The summed E-state index contributed by atoms with van der Waals surface area (Å²) in [4.78, 5) is 14.8. The van der Waals surface area contributed by atoms with Crippen LogP contribution in [0.4, 0.5) is 0 Å². The number of piperidine rings is 1. The second-order valence-corrected chi connectivity index (χ2v) is 7.53. The molecule has 1 amide bonds. The fourth-order valence-corrected chi connectivity index (χ4v) is 3.83. The average molecular weight is 402 g/mol. The van der Waals surface area contributed by atoms with Crippen LogP contribution >= 0.6 is 24.8 Å². The molecule has 2 atom stereocenters. The van der Waals surface area contributed by atoms with Crippen LogP contribution in [0, 0.1) is 11.8 Å². The van der Waals surface area contributed by atoms with Crippen LogP contribution in [-0.4, -0.2) is 42.5 Å². The number of nitrogens with one attached hydrogen (secondary N) is 1. The fourth-order valence-electron chi connectivity index (χ4n) is 3.83. The normalized spacial score (nSPS) is 20.4. The van der Waals surface area contributed by atoms with Crippen LogP contribution in [-0.2, 0) is 11.2 Å². The van der Waals surface area contributed by atoms with Gasteiger partial charge in [-0.2, -0.15) is 0 Å². The second-order valence-electron chi connectivity index (χ2n) is 7.53. The van der Waals surface area contributed by atoms with Crippen LogP contribution < -0.4 is 11.1 Å². The average Bonchev–Trinajstić information content (AvgIpc) is 3.45. The third-order valence-corrected chi connectivity index (χ3v) is 5.72. The van der Waals surface area contributed by atoms with Crippen LogP contribution in [0.3, 0.4) is 0 Å². The summed E-state index contributed by atoms with van der Waals surface area (Å²) in [6.45, 7) is 4.63. The molecule has 2 fully saturated rings. The van der Waals surface area contributed by atoms with Gasteiger partial charge >= 0.3 is 0 Å². The first kappa shape index (κ1) is 23.2. The number of hydrogen-bond donors (Lipinski definition) is 2. The highest BCUT2D eigenvalue weighted by Crippen LogP contribution is 2.32. The molecule has 0 bridgehead atoms. The van der Waals surface area contributed by atoms with Crippen molar-refractivity contribution in [1.82, 2.24) is 10.2 Å². The molecule has 1 aliphatic carbocycles. The summed E-state index contributed by atoms with van der Waals surface area (Å²) in [5.41, 5.74) is 7.23. The van der Waals surface area contributed by atoms with Crippen molar-refractivity contribution in [2.24, 2.45) is 17.6 Å². The van der Waals surface area contributed by atoms with E-state index in [-0.39, 0.29) is 42.8 Å². The van der Waals surface area contributed by atoms with Crippen LogP contribution in [0.2, 0.25) is 0 Å². The van der Waals surface area contributed by atoms with Crippen molar-refractivity contribution in [3.8, 4) is 0 Å². The maximum absolute atomic E-state index is 12.5. The van der Waals surface area contributed by atoms with Gasteiger partial charge in [-0.1, -0.05) is 30.3 Å². The molecule has 0 spiro atoms. The van der Waals surface area contributed by atoms with Crippen LogP contribution in [0.15, 0.2) is 30.3 Å². The molecule has 1 aliphatic heterocycles. The van der Waals surface area contributed by atoms with Crippen LogP contribution in [0.25, 0.3) is 0 Å².